The van der Waals surface area contributed by atoms with Gasteiger partial charge in [0.1, 0.15) is 11.7 Å². The monoisotopic (exact) mass is 362 g/mol. The molecule has 1 fully saturated rings. The number of rotatable bonds is 7. The molecule has 1 aromatic rings. The molecule has 7 heteroatoms. The molecule has 0 bridgehead atoms. The summed E-state index contributed by atoms with van der Waals surface area (Å²) in [6.45, 7) is 10.4. The second-order valence-electron chi connectivity index (χ2n) is 7.51. The lowest BCUT2D eigenvalue weighted by atomic mass is 10.1. The van der Waals surface area contributed by atoms with Crippen molar-refractivity contribution >= 4 is 11.8 Å². The van der Waals surface area contributed by atoms with Crippen molar-refractivity contribution in [2.75, 3.05) is 45.9 Å². The van der Waals surface area contributed by atoms with Crippen LogP contribution in [0.4, 0.5) is 0 Å². The highest BCUT2D eigenvalue weighted by Crippen LogP contribution is 2.20. The average molecular weight is 362 g/mol. The molecule has 1 saturated heterocycles. The highest BCUT2D eigenvalue weighted by molar-refractivity contribution is 5.97. The summed E-state index contributed by atoms with van der Waals surface area (Å²) in [5.74, 6) is 0.209. The molecule has 2 aliphatic heterocycles. The molecule has 3 rings (SSSR count). The van der Waals surface area contributed by atoms with Crippen LogP contribution >= 0.6 is 0 Å². The third kappa shape index (κ3) is 4.45. The summed E-state index contributed by atoms with van der Waals surface area (Å²) in [6, 6.07) is 3.25. The first-order valence-electron chi connectivity index (χ1n) is 9.60. The Morgan fingerprint density at radius 3 is 2.85 bits per heavy atom. The van der Waals surface area contributed by atoms with Crippen molar-refractivity contribution in [1.82, 2.24) is 19.7 Å². The topological polar surface area (TPSA) is 66.8 Å². The van der Waals surface area contributed by atoms with Gasteiger partial charge in [0.25, 0.3) is 5.91 Å². The molecule has 7 nitrogen and oxygen atoms in total. The third-order valence-corrected chi connectivity index (χ3v) is 4.97. The van der Waals surface area contributed by atoms with Crippen molar-refractivity contribution in [1.29, 1.82) is 0 Å². The zero-order valence-electron chi connectivity index (χ0n) is 15.8. The van der Waals surface area contributed by atoms with Crippen molar-refractivity contribution in [2.24, 2.45) is 5.92 Å². The van der Waals surface area contributed by atoms with E-state index in [9.17, 15) is 9.59 Å². The first-order chi connectivity index (χ1) is 12.6. The Kier molecular flexibility index (Phi) is 6.32. The summed E-state index contributed by atoms with van der Waals surface area (Å²) >= 11 is 0. The van der Waals surface area contributed by atoms with Gasteiger partial charge in [-0.1, -0.05) is 13.8 Å². The van der Waals surface area contributed by atoms with Gasteiger partial charge < -0.3 is 19.5 Å². The number of fused-ring (bicyclic) bond motifs is 1. The fraction of sp³-hybridized carbons (Fsp3) is 0.684. The van der Waals surface area contributed by atoms with E-state index in [-0.39, 0.29) is 11.8 Å². The fourth-order valence-corrected chi connectivity index (χ4v) is 3.63. The number of amides is 2. The van der Waals surface area contributed by atoms with E-state index in [1.54, 1.807) is 4.90 Å². The van der Waals surface area contributed by atoms with Gasteiger partial charge in [0.05, 0.1) is 19.8 Å². The zero-order chi connectivity index (χ0) is 18.5. The van der Waals surface area contributed by atoms with Gasteiger partial charge in [-0.2, -0.15) is 0 Å². The molecular formula is C19H30N4O3. The predicted molar refractivity (Wildman–Crippen MR) is 99.0 cm³/mol. The fourth-order valence-electron chi connectivity index (χ4n) is 3.63. The van der Waals surface area contributed by atoms with Crippen molar-refractivity contribution in [2.45, 2.75) is 32.9 Å². The van der Waals surface area contributed by atoms with Gasteiger partial charge in [0.15, 0.2) is 0 Å². The van der Waals surface area contributed by atoms with Crippen LogP contribution in [-0.4, -0.2) is 78.2 Å². The number of carbonyl (C=O) groups is 2. The maximum atomic E-state index is 12.8. The molecule has 1 unspecified atom stereocenters. The van der Waals surface area contributed by atoms with Gasteiger partial charge in [-0.25, -0.2) is 0 Å². The lowest BCUT2D eigenvalue weighted by Gasteiger charge is -2.36. The molecule has 0 aliphatic carbocycles. The standard InChI is InChI=1S/C19H30N4O3/c1-15(2)13-23-17(14-22-8-3-5-16(22)19(23)25)18(24)20-6-4-7-21-9-11-26-12-10-21/h3,5,8,15,17H,4,6-7,9-14H2,1-2H3,(H,20,24). The van der Waals surface area contributed by atoms with Crippen molar-refractivity contribution < 1.29 is 14.3 Å². The van der Waals surface area contributed by atoms with Crippen LogP contribution in [0.5, 0.6) is 0 Å². The van der Waals surface area contributed by atoms with Crippen molar-refractivity contribution in [3.8, 4) is 0 Å². The van der Waals surface area contributed by atoms with Gasteiger partial charge in [0.2, 0.25) is 5.91 Å². The van der Waals surface area contributed by atoms with Gasteiger partial charge in [-0.05, 0) is 31.0 Å². The largest absolute Gasteiger partial charge is 0.379 e. The van der Waals surface area contributed by atoms with Crippen LogP contribution in [0.25, 0.3) is 0 Å². The number of nitrogens with one attached hydrogen (secondary N) is 1. The quantitative estimate of drug-likeness (QED) is 0.729. The second-order valence-corrected chi connectivity index (χ2v) is 7.51. The minimum absolute atomic E-state index is 0.0524. The van der Waals surface area contributed by atoms with Crippen LogP contribution in [0.2, 0.25) is 0 Å². The molecule has 3 heterocycles. The van der Waals surface area contributed by atoms with Crippen molar-refractivity contribution in [3.63, 3.8) is 0 Å². The van der Waals surface area contributed by atoms with Gasteiger partial charge in [-0.15, -0.1) is 0 Å². The summed E-state index contributed by atoms with van der Waals surface area (Å²) in [6.07, 6.45) is 2.78. The molecule has 144 valence electrons. The first kappa shape index (κ1) is 18.9. The normalized spacial score (nSPS) is 21.1. The Balaban J connectivity index is 1.54. The summed E-state index contributed by atoms with van der Waals surface area (Å²) in [7, 11) is 0. The van der Waals surface area contributed by atoms with Crippen LogP contribution in [0.1, 0.15) is 30.8 Å². The zero-order valence-corrected chi connectivity index (χ0v) is 15.8. The van der Waals surface area contributed by atoms with Crippen LogP contribution in [0, 0.1) is 5.92 Å². The smallest absolute Gasteiger partial charge is 0.271 e. The Morgan fingerprint density at radius 1 is 1.35 bits per heavy atom. The van der Waals surface area contributed by atoms with Gasteiger partial charge >= 0.3 is 0 Å². The molecular weight excluding hydrogens is 332 g/mol. The van der Waals surface area contributed by atoms with Gasteiger partial charge in [-0.3, -0.25) is 14.5 Å². The van der Waals surface area contributed by atoms with E-state index >= 15 is 0 Å². The number of hydrogen-bond acceptors (Lipinski definition) is 4. The van der Waals surface area contributed by atoms with Crippen LogP contribution in [-0.2, 0) is 16.1 Å². The predicted octanol–water partition coefficient (Wildman–Crippen LogP) is 0.807. The highest BCUT2D eigenvalue weighted by atomic mass is 16.5. The van der Waals surface area contributed by atoms with E-state index in [4.69, 9.17) is 4.74 Å². The van der Waals surface area contributed by atoms with Crippen molar-refractivity contribution in [3.05, 3.63) is 24.0 Å². The number of morpholine rings is 1. The Bertz CT molecular complexity index is 622. The molecule has 0 aromatic carbocycles. The molecule has 0 spiro atoms. The average Bonchev–Trinajstić information content (AvgIpc) is 3.10. The van der Waals surface area contributed by atoms with E-state index in [2.05, 4.69) is 24.1 Å². The minimum atomic E-state index is -0.437. The van der Waals surface area contributed by atoms with E-state index in [1.807, 2.05) is 22.9 Å². The number of ether oxygens (including phenoxy) is 1. The number of carbonyl (C=O) groups excluding carboxylic acids is 2. The van der Waals surface area contributed by atoms with E-state index in [1.165, 1.54) is 0 Å². The third-order valence-electron chi connectivity index (χ3n) is 4.97. The maximum Gasteiger partial charge on any atom is 0.271 e. The lowest BCUT2D eigenvalue weighted by Crippen LogP contribution is -2.56. The summed E-state index contributed by atoms with van der Waals surface area (Å²) in [5.41, 5.74) is 0.669. The summed E-state index contributed by atoms with van der Waals surface area (Å²) in [4.78, 5) is 29.6. The molecule has 2 aliphatic rings. The molecule has 0 saturated carbocycles. The summed E-state index contributed by atoms with van der Waals surface area (Å²) < 4.78 is 7.23. The number of hydrogen-bond donors (Lipinski definition) is 1. The lowest BCUT2D eigenvalue weighted by molar-refractivity contribution is -0.126. The molecule has 1 atom stereocenters. The Morgan fingerprint density at radius 2 is 2.12 bits per heavy atom. The minimum Gasteiger partial charge on any atom is -0.379 e. The maximum absolute atomic E-state index is 12.8. The highest BCUT2D eigenvalue weighted by Gasteiger charge is 2.36. The molecule has 0 radical (unpaired) electrons. The number of aromatic nitrogens is 1. The van der Waals surface area contributed by atoms with E-state index in [0.717, 1.165) is 39.3 Å². The first-order valence-corrected chi connectivity index (χ1v) is 9.60. The van der Waals surface area contributed by atoms with Crippen LogP contribution in [0.15, 0.2) is 18.3 Å². The van der Waals surface area contributed by atoms with Gasteiger partial charge in [0, 0.05) is 32.4 Å². The Labute approximate surface area is 155 Å². The number of nitrogens with zero attached hydrogens (tertiary/aromatic N) is 3. The molecule has 1 N–H and O–H groups in total. The van der Waals surface area contributed by atoms with E-state index in [0.29, 0.717) is 31.2 Å². The SMILES string of the molecule is CC(C)CN1C(=O)c2cccn2CC1C(=O)NCCCN1CCOCC1. The second kappa shape index (κ2) is 8.68. The van der Waals surface area contributed by atoms with Crippen LogP contribution in [0.3, 0.4) is 0 Å². The van der Waals surface area contributed by atoms with Crippen LogP contribution < -0.4 is 5.32 Å². The Hall–Kier alpha value is -1.86. The molecule has 2 amide bonds. The summed E-state index contributed by atoms with van der Waals surface area (Å²) in [5, 5.41) is 3.03. The van der Waals surface area contributed by atoms with E-state index < -0.39 is 6.04 Å². The molecule has 1 aromatic heterocycles. The molecule has 26 heavy (non-hydrogen) atoms.